The SMILES string of the molecule is COC(=O)c1ccc(NCc2ccc(CN)cc2)nc1C. The molecule has 1 aromatic carbocycles. The van der Waals surface area contributed by atoms with Crippen LogP contribution in [0.1, 0.15) is 27.2 Å². The van der Waals surface area contributed by atoms with Gasteiger partial charge in [-0.2, -0.15) is 0 Å². The summed E-state index contributed by atoms with van der Waals surface area (Å²) in [5.41, 5.74) is 8.94. The van der Waals surface area contributed by atoms with Crippen molar-refractivity contribution in [3.63, 3.8) is 0 Å². The molecule has 0 aliphatic rings. The number of methoxy groups -OCH3 is 1. The Labute approximate surface area is 124 Å². The standard InChI is InChI=1S/C16H19N3O2/c1-11-14(16(20)21-2)7-8-15(19-11)18-10-13-5-3-12(9-17)4-6-13/h3-8H,9-10,17H2,1-2H3,(H,18,19). The second-order valence-corrected chi connectivity index (χ2v) is 4.70. The lowest BCUT2D eigenvalue weighted by Gasteiger charge is -2.09. The van der Waals surface area contributed by atoms with E-state index in [1.54, 1.807) is 19.1 Å². The molecule has 0 atom stereocenters. The minimum absolute atomic E-state index is 0.371. The van der Waals surface area contributed by atoms with Gasteiger partial charge in [0.1, 0.15) is 5.82 Å². The summed E-state index contributed by atoms with van der Waals surface area (Å²) in [6, 6.07) is 11.6. The number of carbonyl (C=O) groups is 1. The molecule has 0 aliphatic heterocycles. The van der Waals surface area contributed by atoms with Crippen LogP contribution < -0.4 is 11.1 Å². The first-order valence-electron chi connectivity index (χ1n) is 6.71. The van der Waals surface area contributed by atoms with Crippen molar-refractivity contribution in [3.05, 3.63) is 58.8 Å². The molecule has 0 fully saturated rings. The molecule has 2 aromatic rings. The van der Waals surface area contributed by atoms with Crippen molar-refractivity contribution in [2.45, 2.75) is 20.0 Å². The number of aryl methyl sites for hydroxylation is 1. The van der Waals surface area contributed by atoms with Gasteiger partial charge in [-0.3, -0.25) is 0 Å². The van der Waals surface area contributed by atoms with Crippen LogP contribution >= 0.6 is 0 Å². The summed E-state index contributed by atoms with van der Waals surface area (Å²) in [5.74, 6) is 0.354. The molecule has 21 heavy (non-hydrogen) atoms. The number of aromatic nitrogens is 1. The maximum Gasteiger partial charge on any atom is 0.339 e. The molecule has 110 valence electrons. The molecular formula is C16H19N3O2. The zero-order chi connectivity index (χ0) is 15.2. The molecule has 0 bridgehead atoms. The van der Waals surface area contributed by atoms with E-state index in [1.165, 1.54) is 7.11 Å². The summed E-state index contributed by atoms with van der Waals surface area (Å²) >= 11 is 0. The molecule has 5 nitrogen and oxygen atoms in total. The van der Waals surface area contributed by atoms with Gasteiger partial charge >= 0.3 is 5.97 Å². The van der Waals surface area contributed by atoms with E-state index in [-0.39, 0.29) is 5.97 Å². The lowest BCUT2D eigenvalue weighted by Crippen LogP contribution is -2.08. The van der Waals surface area contributed by atoms with Crippen molar-refractivity contribution in [2.24, 2.45) is 5.73 Å². The number of esters is 1. The van der Waals surface area contributed by atoms with E-state index >= 15 is 0 Å². The molecule has 0 spiro atoms. The number of pyridine rings is 1. The number of anilines is 1. The van der Waals surface area contributed by atoms with Crippen LogP contribution in [-0.2, 0) is 17.8 Å². The number of nitrogens with two attached hydrogens (primary N) is 1. The average Bonchev–Trinajstić information content (AvgIpc) is 2.52. The fraction of sp³-hybridized carbons (Fsp3) is 0.250. The molecule has 0 saturated carbocycles. The second-order valence-electron chi connectivity index (χ2n) is 4.70. The van der Waals surface area contributed by atoms with Crippen LogP contribution in [0.25, 0.3) is 0 Å². The average molecular weight is 285 g/mol. The summed E-state index contributed by atoms with van der Waals surface area (Å²) in [7, 11) is 1.36. The molecule has 0 aliphatic carbocycles. The van der Waals surface area contributed by atoms with E-state index in [2.05, 4.69) is 10.3 Å². The number of carbonyl (C=O) groups excluding carboxylic acids is 1. The van der Waals surface area contributed by atoms with Gasteiger partial charge in [0.05, 0.1) is 18.4 Å². The molecule has 3 N–H and O–H groups in total. The highest BCUT2D eigenvalue weighted by Crippen LogP contribution is 2.13. The van der Waals surface area contributed by atoms with Gasteiger partial charge in [-0.25, -0.2) is 9.78 Å². The van der Waals surface area contributed by atoms with E-state index in [9.17, 15) is 4.79 Å². The van der Waals surface area contributed by atoms with Crippen LogP contribution in [0.2, 0.25) is 0 Å². The lowest BCUT2D eigenvalue weighted by atomic mass is 10.1. The van der Waals surface area contributed by atoms with Crippen molar-refractivity contribution in [1.82, 2.24) is 4.98 Å². The van der Waals surface area contributed by atoms with Crippen molar-refractivity contribution in [3.8, 4) is 0 Å². The Kier molecular flexibility index (Phi) is 4.90. The molecule has 0 saturated heterocycles. The Morgan fingerprint density at radius 1 is 1.19 bits per heavy atom. The first kappa shape index (κ1) is 15.0. The van der Waals surface area contributed by atoms with E-state index in [0.717, 1.165) is 16.9 Å². The lowest BCUT2D eigenvalue weighted by molar-refractivity contribution is 0.0599. The van der Waals surface area contributed by atoms with Gasteiger partial charge < -0.3 is 15.8 Å². The van der Waals surface area contributed by atoms with E-state index < -0.39 is 0 Å². The minimum atomic E-state index is -0.371. The van der Waals surface area contributed by atoms with E-state index in [4.69, 9.17) is 10.5 Å². The highest BCUT2D eigenvalue weighted by molar-refractivity contribution is 5.90. The number of ether oxygens (including phenoxy) is 1. The summed E-state index contributed by atoms with van der Waals surface area (Å²) in [6.07, 6.45) is 0. The van der Waals surface area contributed by atoms with E-state index in [1.807, 2.05) is 24.3 Å². The summed E-state index contributed by atoms with van der Waals surface area (Å²) in [6.45, 7) is 2.99. The predicted octanol–water partition coefficient (Wildman–Crippen LogP) is 2.25. The Morgan fingerprint density at radius 3 is 2.43 bits per heavy atom. The van der Waals surface area contributed by atoms with Gasteiger partial charge in [0.2, 0.25) is 0 Å². The Bertz CT molecular complexity index is 624. The van der Waals surface area contributed by atoms with Crippen molar-refractivity contribution >= 4 is 11.8 Å². The van der Waals surface area contributed by atoms with Gasteiger partial charge in [0.25, 0.3) is 0 Å². The van der Waals surface area contributed by atoms with Crippen molar-refractivity contribution in [2.75, 3.05) is 12.4 Å². The Morgan fingerprint density at radius 2 is 1.86 bits per heavy atom. The fourth-order valence-electron chi connectivity index (χ4n) is 1.97. The van der Waals surface area contributed by atoms with Gasteiger partial charge in [-0.15, -0.1) is 0 Å². The van der Waals surface area contributed by atoms with Crippen LogP contribution in [0.4, 0.5) is 5.82 Å². The zero-order valence-corrected chi connectivity index (χ0v) is 12.2. The quantitative estimate of drug-likeness (QED) is 0.824. The number of hydrogen-bond acceptors (Lipinski definition) is 5. The number of nitrogens with zero attached hydrogens (tertiary/aromatic N) is 1. The number of nitrogens with one attached hydrogen (secondary N) is 1. The first-order valence-corrected chi connectivity index (χ1v) is 6.71. The highest BCUT2D eigenvalue weighted by Gasteiger charge is 2.10. The Balaban J connectivity index is 2.03. The smallest absolute Gasteiger partial charge is 0.339 e. The molecule has 1 aromatic heterocycles. The molecule has 0 unspecified atom stereocenters. The molecular weight excluding hydrogens is 266 g/mol. The summed E-state index contributed by atoms with van der Waals surface area (Å²) in [5, 5.41) is 3.23. The van der Waals surface area contributed by atoms with Gasteiger partial charge in [0, 0.05) is 13.1 Å². The summed E-state index contributed by atoms with van der Waals surface area (Å²) in [4.78, 5) is 15.9. The number of benzene rings is 1. The van der Waals surface area contributed by atoms with Crippen LogP contribution in [0.3, 0.4) is 0 Å². The highest BCUT2D eigenvalue weighted by atomic mass is 16.5. The molecule has 1 heterocycles. The van der Waals surface area contributed by atoms with Gasteiger partial charge in [-0.1, -0.05) is 24.3 Å². The zero-order valence-electron chi connectivity index (χ0n) is 12.2. The van der Waals surface area contributed by atoms with Crippen LogP contribution in [-0.4, -0.2) is 18.1 Å². The number of rotatable bonds is 5. The maximum absolute atomic E-state index is 11.5. The largest absolute Gasteiger partial charge is 0.465 e. The normalized spacial score (nSPS) is 10.2. The fourth-order valence-corrected chi connectivity index (χ4v) is 1.97. The van der Waals surface area contributed by atoms with Crippen molar-refractivity contribution in [1.29, 1.82) is 0 Å². The Hall–Kier alpha value is -2.40. The topological polar surface area (TPSA) is 77.2 Å². The van der Waals surface area contributed by atoms with Crippen LogP contribution in [0, 0.1) is 6.92 Å². The molecule has 5 heteroatoms. The first-order chi connectivity index (χ1) is 10.1. The minimum Gasteiger partial charge on any atom is -0.465 e. The van der Waals surface area contributed by atoms with E-state index in [0.29, 0.717) is 24.3 Å². The molecule has 2 rings (SSSR count). The third kappa shape index (κ3) is 3.79. The predicted molar refractivity (Wildman–Crippen MR) is 82.0 cm³/mol. The summed E-state index contributed by atoms with van der Waals surface area (Å²) < 4.78 is 4.70. The van der Waals surface area contributed by atoms with Crippen LogP contribution in [0.15, 0.2) is 36.4 Å². The molecule has 0 amide bonds. The van der Waals surface area contributed by atoms with Crippen molar-refractivity contribution < 1.29 is 9.53 Å². The van der Waals surface area contributed by atoms with Gasteiger partial charge in [0.15, 0.2) is 0 Å². The third-order valence-corrected chi connectivity index (χ3v) is 3.22. The molecule has 0 radical (unpaired) electrons. The monoisotopic (exact) mass is 285 g/mol. The van der Waals surface area contributed by atoms with Crippen LogP contribution in [0.5, 0.6) is 0 Å². The second kappa shape index (κ2) is 6.85. The van der Waals surface area contributed by atoms with Gasteiger partial charge in [-0.05, 0) is 30.2 Å². The number of hydrogen-bond donors (Lipinski definition) is 2. The third-order valence-electron chi connectivity index (χ3n) is 3.22. The maximum atomic E-state index is 11.5.